The number of ether oxygens (including phenoxy) is 1. The van der Waals surface area contributed by atoms with Crippen molar-refractivity contribution in [2.75, 3.05) is 7.11 Å². The summed E-state index contributed by atoms with van der Waals surface area (Å²) in [5.74, 6) is 0.242. The van der Waals surface area contributed by atoms with E-state index >= 15 is 0 Å². The van der Waals surface area contributed by atoms with Crippen molar-refractivity contribution < 1.29 is 48.0 Å². The van der Waals surface area contributed by atoms with Gasteiger partial charge in [-0.25, -0.2) is 0 Å². The molecule has 1 aromatic carbocycles. The van der Waals surface area contributed by atoms with Crippen molar-refractivity contribution >= 4 is 16.8 Å². The van der Waals surface area contributed by atoms with Crippen molar-refractivity contribution in [3.8, 4) is 5.75 Å². The van der Waals surface area contributed by atoms with Crippen LogP contribution in [0.15, 0.2) is 23.1 Å². The zero-order valence-corrected chi connectivity index (χ0v) is 10.9. The second-order valence-corrected chi connectivity index (χ2v) is 3.23. The van der Waals surface area contributed by atoms with Crippen LogP contribution in [0.25, 0.3) is 0 Å². The number of hydrogen-bond acceptors (Lipinski definition) is 5. The summed E-state index contributed by atoms with van der Waals surface area (Å²) in [6, 6.07) is 3.53. The number of nitro groups is 1. The molecule has 0 aliphatic heterocycles. The molecule has 1 rings (SSSR count). The van der Waals surface area contributed by atoms with Gasteiger partial charge >= 0.3 is 29.6 Å². The van der Waals surface area contributed by atoms with E-state index in [4.69, 9.17) is 4.74 Å². The van der Waals surface area contributed by atoms with Crippen molar-refractivity contribution in [1.82, 2.24) is 0 Å². The molecule has 8 heteroatoms. The molecule has 0 bridgehead atoms. The van der Waals surface area contributed by atoms with Crippen LogP contribution in [-0.2, 0) is 11.1 Å². The van der Waals surface area contributed by atoms with Crippen LogP contribution in [0, 0.1) is 10.1 Å². The molecule has 0 heterocycles. The molecule has 0 saturated heterocycles. The third-order valence-electron chi connectivity index (χ3n) is 1.54. The van der Waals surface area contributed by atoms with Gasteiger partial charge in [-0.2, -0.15) is 0 Å². The Hall–Kier alpha value is -0.470. The van der Waals surface area contributed by atoms with E-state index in [1.807, 2.05) is 0 Å². The SMILES string of the molecule is COc1ccc(S(=O)[O-])c([N+](=O)[O-])c1.[Na+]. The topological polar surface area (TPSA) is 92.5 Å². The van der Waals surface area contributed by atoms with Crippen LogP contribution in [-0.4, -0.2) is 20.8 Å². The van der Waals surface area contributed by atoms with Gasteiger partial charge in [-0.1, -0.05) is 0 Å². The van der Waals surface area contributed by atoms with Gasteiger partial charge in [0.2, 0.25) is 0 Å². The average molecular weight is 239 g/mol. The van der Waals surface area contributed by atoms with Gasteiger partial charge in [0, 0.05) is 0 Å². The Morgan fingerprint density at radius 3 is 2.47 bits per heavy atom. The van der Waals surface area contributed by atoms with Gasteiger partial charge < -0.3 is 9.29 Å². The summed E-state index contributed by atoms with van der Waals surface area (Å²) in [6.45, 7) is 0. The molecule has 76 valence electrons. The third-order valence-corrected chi connectivity index (χ3v) is 2.25. The minimum atomic E-state index is -2.62. The minimum Gasteiger partial charge on any atom is -0.768 e. The van der Waals surface area contributed by atoms with E-state index in [0.717, 1.165) is 12.1 Å². The molecule has 0 saturated carbocycles. The first-order valence-electron chi connectivity index (χ1n) is 3.48. The Morgan fingerprint density at radius 1 is 1.47 bits per heavy atom. The van der Waals surface area contributed by atoms with Crippen LogP contribution < -0.4 is 34.3 Å². The van der Waals surface area contributed by atoms with Crippen molar-refractivity contribution in [3.63, 3.8) is 0 Å². The molecular formula is C7H6NNaO5S. The van der Waals surface area contributed by atoms with E-state index in [9.17, 15) is 18.9 Å². The number of methoxy groups -OCH3 is 1. The number of nitro benzene ring substituents is 1. The molecule has 6 nitrogen and oxygen atoms in total. The maximum Gasteiger partial charge on any atom is 1.00 e. The van der Waals surface area contributed by atoms with Crippen LogP contribution in [0.2, 0.25) is 0 Å². The summed E-state index contributed by atoms with van der Waals surface area (Å²) in [6.07, 6.45) is 0. The Labute approximate surface area is 110 Å². The molecule has 0 N–H and O–H groups in total. The van der Waals surface area contributed by atoms with E-state index in [1.54, 1.807) is 0 Å². The van der Waals surface area contributed by atoms with Gasteiger partial charge in [-0.15, -0.1) is 0 Å². The Bertz CT molecular complexity index is 397. The van der Waals surface area contributed by atoms with Gasteiger partial charge in [-0.05, 0) is 23.2 Å². The number of hydrogen-bond donors (Lipinski definition) is 0. The van der Waals surface area contributed by atoms with E-state index < -0.39 is 21.7 Å². The van der Waals surface area contributed by atoms with Gasteiger partial charge in [0.15, 0.2) is 0 Å². The van der Waals surface area contributed by atoms with Crippen LogP contribution in [0.3, 0.4) is 0 Å². The molecule has 1 atom stereocenters. The zero-order valence-electron chi connectivity index (χ0n) is 8.13. The van der Waals surface area contributed by atoms with Crippen molar-refractivity contribution in [1.29, 1.82) is 0 Å². The van der Waals surface area contributed by atoms with E-state index in [0.29, 0.717) is 0 Å². The van der Waals surface area contributed by atoms with E-state index in [1.165, 1.54) is 13.2 Å². The molecule has 1 aromatic rings. The van der Waals surface area contributed by atoms with E-state index in [-0.39, 0.29) is 40.2 Å². The first-order valence-corrected chi connectivity index (χ1v) is 4.55. The molecular weight excluding hydrogens is 233 g/mol. The second kappa shape index (κ2) is 6.19. The normalized spacial score (nSPS) is 11.3. The van der Waals surface area contributed by atoms with Gasteiger partial charge in [0.05, 0.1) is 18.1 Å². The van der Waals surface area contributed by atoms with Gasteiger partial charge in [0.25, 0.3) is 5.69 Å². The quantitative estimate of drug-likeness (QED) is 0.259. The van der Waals surface area contributed by atoms with Crippen LogP contribution in [0.1, 0.15) is 0 Å². The summed E-state index contributed by atoms with van der Waals surface area (Å²) in [4.78, 5) is 9.35. The molecule has 0 aliphatic rings. The monoisotopic (exact) mass is 239 g/mol. The zero-order chi connectivity index (χ0) is 10.7. The summed E-state index contributed by atoms with van der Waals surface area (Å²) < 4.78 is 25.9. The fourth-order valence-electron chi connectivity index (χ4n) is 0.908. The van der Waals surface area contributed by atoms with Crippen LogP contribution in [0.4, 0.5) is 5.69 Å². The first-order chi connectivity index (χ1) is 6.56. The summed E-state index contributed by atoms with van der Waals surface area (Å²) in [5, 5.41) is 10.5. The molecule has 0 fully saturated rings. The Kier molecular flexibility index (Phi) is 5.99. The molecule has 15 heavy (non-hydrogen) atoms. The predicted octanol–water partition coefficient (Wildman–Crippen LogP) is -2.15. The molecule has 0 radical (unpaired) electrons. The van der Waals surface area contributed by atoms with Crippen LogP contribution >= 0.6 is 0 Å². The molecule has 0 aliphatic carbocycles. The number of rotatable bonds is 3. The predicted molar refractivity (Wildman–Crippen MR) is 46.8 cm³/mol. The van der Waals surface area contributed by atoms with E-state index in [2.05, 4.69) is 0 Å². The molecule has 0 spiro atoms. The molecule has 1 unspecified atom stereocenters. The van der Waals surface area contributed by atoms with Gasteiger partial charge in [-0.3, -0.25) is 14.3 Å². The van der Waals surface area contributed by atoms with Crippen molar-refractivity contribution in [3.05, 3.63) is 28.3 Å². The second-order valence-electron chi connectivity index (χ2n) is 2.33. The summed E-state index contributed by atoms with van der Waals surface area (Å²) >= 11 is -2.62. The first kappa shape index (κ1) is 14.5. The van der Waals surface area contributed by atoms with Crippen LogP contribution in [0.5, 0.6) is 5.75 Å². The van der Waals surface area contributed by atoms with Crippen molar-refractivity contribution in [2.45, 2.75) is 4.90 Å². The average Bonchev–Trinajstić information content (AvgIpc) is 2.16. The number of nitrogens with zero attached hydrogens (tertiary/aromatic N) is 1. The van der Waals surface area contributed by atoms with Crippen molar-refractivity contribution in [2.24, 2.45) is 0 Å². The maximum atomic E-state index is 10.6. The molecule has 0 aromatic heterocycles. The van der Waals surface area contributed by atoms with Gasteiger partial charge in [0.1, 0.15) is 10.6 Å². The summed E-state index contributed by atoms with van der Waals surface area (Å²) in [5.41, 5.74) is -0.488. The summed E-state index contributed by atoms with van der Waals surface area (Å²) in [7, 11) is 1.34. The third kappa shape index (κ3) is 3.54. The Morgan fingerprint density at radius 2 is 2.07 bits per heavy atom. The largest absolute Gasteiger partial charge is 1.00 e. The minimum absolute atomic E-state index is 0. The fraction of sp³-hybridized carbons (Fsp3) is 0.143. The Balaban J connectivity index is 0.00000196. The standard InChI is InChI=1S/C7H7NO5S.Na/c1-13-5-2-3-7(14(11)12)6(4-5)8(9)10;/h2-4H,1H3,(H,11,12);/q;+1/p-1. The number of benzene rings is 1. The fourth-order valence-corrected chi connectivity index (χ4v) is 1.39. The maximum absolute atomic E-state index is 10.6. The smallest absolute Gasteiger partial charge is 0.768 e. The molecule has 0 amide bonds.